The first-order chi connectivity index (χ1) is 12.9. The van der Waals surface area contributed by atoms with E-state index in [4.69, 9.17) is 23.8 Å². The van der Waals surface area contributed by atoms with Crippen molar-refractivity contribution in [2.75, 3.05) is 5.32 Å². The number of para-hydroxylation sites is 1. The van der Waals surface area contributed by atoms with Crippen LogP contribution >= 0.6 is 23.8 Å². The lowest BCUT2D eigenvalue weighted by atomic mass is 9.94. The van der Waals surface area contributed by atoms with E-state index in [1.807, 2.05) is 0 Å². The van der Waals surface area contributed by atoms with Crippen LogP contribution in [-0.4, -0.2) is 15.9 Å². The fourth-order valence-corrected chi connectivity index (χ4v) is 3.24. The molecule has 7 nitrogen and oxygen atoms in total. The first kappa shape index (κ1) is 18.8. The van der Waals surface area contributed by atoms with Gasteiger partial charge in [0.25, 0.3) is 11.6 Å². The van der Waals surface area contributed by atoms with Crippen LogP contribution in [0.4, 0.5) is 11.4 Å². The molecule has 1 aliphatic heterocycles. The van der Waals surface area contributed by atoms with E-state index in [1.54, 1.807) is 43.3 Å². The number of allylic oxidation sites excluding steroid dienone is 1. The van der Waals surface area contributed by atoms with Crippen molar-refractivity contribution >= 4 is 46.2 Å². The number of thiocarbonyl (C=S) groups is 1. The first-order valence-corrected chi connectivity index (χ1v) is 8.74. The van der Waals surface area contributed by atoms with Crippen LogP contribution in [0.5, 0.6) is 0 Å². The molecular formula is C18H15ClN4O3S. The molecule has 9 heteroatoms. The van der Waals surface area contributed by atoms with Gasteiger partial charge in [-0.3, -0.25) is 14.9 Å². The normalized spacial score (nSPS) is 16.4. The molecule has 138 valence electrons. The fraction of sp³-hybridized carbons (Fsp3) is 0.111. The number of hydrogen-bond acceptors (Lipinski definition) is 4. The third-order valence-corrected chi connectivity index (χ3v) is 4.62. The van der Waals surface area contributed by atoms with Crippen molar-refractivity contribution in [1.29, 1.82) is 0 Å². The van der Waals surface area contributed by atoms with Gasteiger partial charge in [0.05, 0.1) is 27.2 Å². The Morgan fingerprint density at radius 3 is 2.52 bits per heavy atom. The van der Waals surface area contributed by atoms with Gasteiger partial charge >= 0.3 is 0 Å². The summed E-state index contributed by atoms with van der Waals surface area (Å²) in [5.41, 5.74) is 2.13. The summed E-state index contributed by atoms with van der Waals surface area (Å²) in [6.45, 7) is 1.74. The molecule has 1 aliphatic rings. The quantitative estimate of drug-likeness (QED) is 0.410. The molecule has 0 bridgehead atoms. The average Bonchev–Trinajstić information content (AvgIpc) is 2.63. The monoisotopic (exact) mass is 402 g/mol. The SMILES string of the molecule is CC1=C(C(=O)Nc2ccccc2Cl)C(c2ccc([N+](=O)[O-])cc2)NC(=S)N1. The molecular weight excluding hydrogens is 388 g/mol. The second-order valence-corrected chi connectivity index (χ2v) is 6.67. The summed E-state index contributed by atoms with van der Waals surface area (Å²) in [4.78, 5) is 23.3. The van der Waals surface area contributed by atoms with Crippen molar-refractivity contribution in [3.05, 3.63) is 80.5 Å². The molecule has 1 heterocycles. The first-order valence-electron chi connectivity index (χ1n) is 7.95. The van der Waals surface area contributed by atoms with E-state index >= 15 is 0 Å². The van der Waals surface area contributed by atoms with Crippen molar-refractivity contribution in [3.63, 3.8) is 0 Å². The number of benzene rings is 2. The zero-order chi connectivity index (χ0) is 19.6. The number of carbonyl (C=O) groups excluding carboxylic acids is 1. The fourth-order valence-electron chi connectivity index (χ4n) is 2.79. The lowest BCUT2D eigenvalue weighted by Crippen LogP contribution is -2.45. The topological polar surface area (TPSA) is 96.3 Å². The van der Waals surface area contributed by atoms with E-state index < -0.39 is 11.0 Å². The number of carbonyl (C=O) groups is 1. The second-order valence-electron chi connectivity index (χ2n) is 5.85. The van der Waals surface area contributed by atoms with Gasteiger partial charge in [-0.2, -0.15) is 0 Å². The van der Waals surface area contributed by atoms with Gasteiger partial charge in [0, 0.05) is 17.8 Å². The van der Waals surface area contributed by atoms with E-state index in [0.29, 0.717) is 32.7 Å². The summed E-state index contributed by atoms with van der Waals surface area (Å²) in [5.74, 6) is -0.355. The Hall–Kier alpha value is -2.97. The lowest BCUT2D eigenvalue weighted by Gasteiger charge is -2.30. The van der Waals surface area contributed by atoms with Crippen LogP contribution in [-0.2, 0) is 4.79 Å². The van der Waals surface area contributed by atoms with Crippen molar-refractivity contribution in [1.82, 2.24) is 10.6 Å². The molecule has 2 aromatic carbocycles. The van der Waals surface area contributed by atoms with Gasteiger partial charge in [-0.15, -0.1) is 0 Å². The van der Waals surface area contributed by atoms with Crippen LogP contribution in [0.15, 0.2) is 59.8 Å². The Labute approximate surface area is 165 Å². The van der Waals surface area contributed by atoms with Crippen LogP contribution < -0.4 is 16.0 Å². The summed E-state index contributed by atoms with van der Waals surface area (Å²) in [6, 6.07) is 12.3. The molecule has 0 saturated heterocycles. The number of nitrogens with one attached hydrogen (secondary N) is 3. The minimum absolute atomic E-state index is 0.0296. The number of hydrogen-bond donors (Lipinski definition) is 3. The van der Waals surface area contributed by atoms with Crippen molar-refractivity contribution in [2.45, 2.75) is 13.0 Å². The molecule has 0 aliphatic carbocycles. The Kier molecular flexibility index (Phi) is 5.38. The second kappa shape index (κ2) is 7.73. The van der Waals surface area contributed by atoms with Crippen LogP contribution in [0.25, 0.3) is 0 Å². The molecule has 0 aromatic heterocycles. The number of amides is 1. The molecule has 27 heavy (non-hydrogen) atoms. The van der Waals surface area contributed by atoms with Gasteiger partial charge in [0.2, 0.25) is 0 Å². The molecule has 0 spiro atoms. The largest absolute Gasteiger partial charge is 0.351 e. The highest BCUT2D eigenvalue weighted by atomic mass is 35.5. The molecule has 0 fully saturated rings. The molecule has 0 radical (unpaired) electrons. The molecule has 1 amide bonds. The third-order valence-electron chi connectivity index (χ3n) is 4.07. The van der Waals surface area contributed by atoms with Crippen LogP contribution in [0, 0.1) is 10.1 Å². The van der Waals surface area contributed by atoms with E-state index in [9.17, 15) is 14.9 Å². The van der Waals surface area contributed by atoms with E-state index in [0.717, 1.165) is 0 Å². The summed E-state index contributed by atoms with van der Waals surface area (Å²) < 4.78 is 0. The number of nitro groups is 1. The minimum Gasteiger partial charge on any atom is -0.351 e. The minimum atomic E-state index is -0.554. The predicted octanol–water partition coefficient (Wildman–Crippen LogP) is 3.68. The van der Waals surface area contributed by atoms with Crippen molar-refractivity contribution in [3.8, 4) is 0 Å². The van der Waals surface area contributed by atoms with Gasteiger partial charge in [-0.25, -0.2) is 0 Å². The molecule has 0 saturated carbocycles. The molecule has 1 atom stereocenters. The molecule has 1 unspecified atom stereocenters. The van der Waals surface area contributed by atoms with Crippen LogP contribution in [0.3, 0.4) is 0 Å². The number of rotatable bonds is 4. The standard InChI is InChI=1S/C18H15ClN4O3S/c1-10-15(17(24)21-14-5-3-2-4-13(14)19)16(22-18(27)20-10)11-6-8-12(9-7-11)23(25)26/h2-9,16H,1H3,(H,21,24)(H2,20,22,27). The number of halogens is 1. The lowest BCUT2D eigenvalue weighted by molar-refractivity contribution is -0.384. The van der Waals surface area contributed by atoms with E-state index in [2.05, 4.69) is 16.0 Å². The highest BCUT2D eigenvalue weighted by molar-refractivity contribution is 7.80. The molecule has 2 aromatic rings. The van der Waals surface area contributed by atoms with Gasteiger partial charge in [-0.1, -0.05) is 23.7 Å². The smallest absolute Gasteiger partial charge is 0.269 e. The number of anilines is 1. The highest BCUT2D eigenvalue weighted by Gasteiger charge is 2.30. The maximum Gasteiger partial charge on any atom is 0.269 e. The summed E-state index contributed by atoms with van der Waals surface area (Å²) >= 11 is 11.3. The molecule has 3 N–H and O–H groups in total. The van der Waals surface area contributed by atoms with Gasteiger partial charge in [0.1, 0.15) is 0 Å². The zero-order valence-corrected chi connectivity index (χ0v) is 15.7. The maximum atomic E-state index is 12.9. The Balaban J connectivity index is 1.95. The maximum absolute atomic E-state index is 12.9. The zero-order valence-electron chi connectivity index (χ0n) is 14.2. The van der Waals surface area contributed by atoms with Gasteiger partial charge in [-0.05, 0) is 49.0 Å². The van der Waals surface area contributed by atoms with E-state index in [1.165, 1.54) is 12.1 Å². The average molecular weight is 403 g/mol. The summed E-state index contributed by atoms with van der Waals surface area (Å²) in [6.07, 6.45) is 0. The number of non-ortho nitro benzene ring substituents is 1. The third kappa shape index (κ3) is 4.07. The Bertz CT molecular complexity index is 959. The highest BCUT2D eigenvalue weighted by Crippen LogP contribution is 2.30. The number of nitrogens with zero attached hydrogens (tertiary/aromatic N) is 1. The van der Waals surface area contributed by atoms with Gasteiger partial charge < -0.3 is 16.0 Å². The van der Waals surface area contributed by atoms with Crippen molar-refractivity contribution in [2.24, 2.45) is 0 Å². The van der Waals surface area contributed by atoms with E-state index in [-0.39, 0.29) is 11.6 Å². The van der Waals surface area contributed by atoms with Gasteiger partial charge in [0.15, 0.2) is 5.11 Å². The van der Waals surface area contributed by atoms with Crippen LogP contribution in [0.1, 0.15) is 18.5 Å². The Morgan fingerprint density at radius 2 is 1.89 bits per heavy atom. The number of nitro benzene ring substituents is 1. The van der Waals surface area contributed by atoms with Crippen LogP contribution in [0.2, 0.25) is 5.02 Å². The molecule has 3 rings (SSSR count). The Morgan fingerprint density at radius 1 is 1.22 bits per heavy atom. The predicted molar refractivity (Wildman–Crippen MR) is 107 cm³/mol. The summed E-state index contributed by atoms with van der Waals surface area (Å²) in [7, 11) is 0. The summed E-state index contributed by atoms with van der Waals surface area (Å²) in [5, 5.41) is 20.4. The van der Waals surface area contributed by atoms with Crippen molar-refractivity contribution < 1.29 is 9.72 Å².